The van der Waals surface area contributed by atoms with Crippen molar-refractivity contribution in [1.29, 1.82) is 0 Å². The van der Waals surface area contributed by atoms with Gasteiger partial charge in [-0.25, -0.2) is 0 Å². The minimum atomic E-state index is 0.196. The number of hydrogen-bond acceptors (Lipinski definition) is 4. The van der Waals surface area contributed by atoms with Crippen molar-refractivity contribution in [3.63, 3.8) is 0 Å². The Hall–Kier alpha value is -1.40. The van der Waals surface area contributed by atoms with Crippen molar-refractivity contribution in [3.8, 4) is 0 Å². The zero-order valence-corrected chi connectivity index (χ0v) is 26.5. The van der Waals surface area contributed by atoms with E-state index in [0.29, 0.717) is 38.6 Å². The lowest BCUT2D eigenvalue weighted by Crippen LogP contribution is -2.62. The third kappa shape index (κ3) is 14.0. The molecule has 1 spiro atoms. The lowest BCUT2D eigenvalue weighted by molar-refractivity contribution is -0.151. The molecule has 40 heavy (non-hydrogen) atoms. The van der Waals surface area contributed by atoms with E-state index in [0.717, 1.165) is 58.5 Å². The van der Waals surface area contributed by atoms with Crippen molar-refractivity contribution in [2.75, 3.05) is 52.6 Å². The molecule has 0 saturated carbocycles. The van der Waals surface area contributed by atoms with Crippen LogP contribution in [0.4, 0.5) is 0 Å². The molecule has 2 saturated heterocycles. The van der Waals surface area contributed by atoms with Gasteiger partial charge in [0.15, 0.2) is 0 Å². The van der Waals surface area contributed by atoms with Gasteiger partial charge in [0, 0.05) is 38.0 Å². The van der Waals surface area contributed by atoms with E-state index in [2.05, 4.69) is 17.9 Å². The third-order valence-corrected chi connectivity index (χ3v) is 8.89. The summed E-state index contributed by atoms with van der Waals surface area (Å²) in [4.78, 5) is 29.3. The first-order valence-corrected chi connectivity index (χ1v) is 16.9. The van der Waals surface area contributed by atoms with Crippen molar-refractivity contribution < 1.29 is 19.1 Å². The van der Waals surface area contributed by atoms with E-state index in [-0.39, 0.29) is 11.3 Å². The molecule has 0 aromatic heterocycles. The van der Waals surface area contributed by atoms with Gasteiger partial charge >= 0.3 is 0 Å². The summed E-state index contributed by atoms with van der Waals surface area (Å²) in [5.41, 5.74) is 1.67. The summed E-state index contributed by atoms with van der Waals surface area (Å²) < 4.78 is 11.4. The highest BCUT2D eigenvalue weighted by Gasteiger charge is 2.46. The number of piperidine rings is 1. The Morgan fingerprint density at radius 1 is 0.600 bits per heavy atom. The summed E-state index contributed by atoms with van der Waals surface area (Å²) in [5, 5.41) is 0. The topological polar surface area (TPSA) is 59.1 Å². The maximum atomic E-state index is 12.7. The molecule has 232 valence electrons. The first-order chi connectivity index (χ1) is 19.6. The van der Waals surface area contributed by atoms with Crippen LogP contribution in [-0.4, -0.2) is 74.2 Å². The molecule has 0 radical (unpaired) electrons. The standard InChI is InChI=1S/C32H56N2O4.C2H6/c1-29-15-13-11-9-7-5-3-2-4-6-8-10-12-14-16-30(35)33-21-19-32(20-22-33)27-34(28-32)31(36)18-24-38-26-25-37-23-17-29;1-2/h15H,2-14,16-28H2,1H3;1-2H3/b29-15-;. The van der Waals surface area contributed by atoms with Gasteiger partial charge in [-0.15, -0.1) is 0 Å². The van der Waals surface area contributed by atoms with Crippen LogP contribution in [0.15, 0.2) is 11.6 Å². The number of hydrogen-bond donors (Lipinski definition) is 0. The lowest BCUT2D eigenvalue weighted by atomic mass is 9.72. The van der Waals surface area contributed by atoms with Crippen LogP contribution in [0, 0.1) is 5.41 Å². The predicted molar refractivity (Wildman–Crippen MR) is 165 cm³/mol. The van der Waals surface area contributed by atoms with Crippen LogP contribution in [0.25, 0.3) is 0 Å². The summed E-state index contributed by atoms with van der Waals surface area (Å²) in [7, 11) is 0. The van der Waals surface area contributed by atoms with Gasteiger partial charge < -0.3 is 19.3 Å². The Bertz CT molecular complexity index is 707. The summed E-state index contributed by atoms with van der Waals surface area (Å²) in [6, 6.07) is 0. The quantitative estimate of drug-likeness (QED) is 0.284. The molecule has 5 rings (SSSR count). The van der Waals surface area contributed by atoms with Crippen molar-refractivity contribution in [1.82, 2.24) is 9.80 Å². The molecule has 5 aliphatic heterocycles. The van der Waals surface area contributed by atoms with E-state index in [9.17, 15) is 9.59 Å². The number of amides is 2. The largest absolute Gasteiger partial charge is 0.379 e. The van der Waals surface area contributed by atoms with E-state index in [1.807, 2.05) is 18.7 Å². The Balaban J connectivity index is 0.00000274. The van der Waals surface area contributed by atoms with Crippen LogP contribution in [0.1, 0.15) is 136 Å². The fourth-order valence-corrected chi connectivity index (χ4v) is 6.16. The maximum absolute atomic E-state index is 12.7. The van der Waals surface area contributed by atoms with Gasteiger partial charge in [-0.2, -0.15) is 0 Å². The van der Waals surface area contributed by atoms with Crippen molar-refractivity contribution in [2.45, 2.75) is 136 Å². The molecule has 5 aliphatic rings. The molecule has 3 bridgehead atoms. The van der Waals surface area contributed by atoms with Crippen LogP contribution in [0.2, 0.25) is 0 Å². The van der Waals surface area contributed by atoms with Crippen LogP contribution in [-0.2, 0) is 19.1 Å². The molecule has 2 fully saturated rings. The van der Waals surface area contributed by atoms with Gasteiger partial charge in [-0.05, 0) is 45.4 Å². The van der Waals surface area contributed by atoms with Crippen molar-refractivity contribution in [2.24, 2.45) is 5.41 Å². The zero-order chi connectivity index (χ0) is 28.9. The Labute approximate surface area is 246 Å². The normalized spacial score (nSPS) is 25.7. The fraction of sp³-hybridized carbons (Fsp3) is 0.882. The molecule has 0 N–H and O–H groups in total. The molecule has 0 aromatic rings. The molecule has 0 aliphatic carbocycles. The summed E-state index contributed by atoms with van der Waals surface area (Å²) in [6.45, 7) is 12.0. The number of fused-ring (bicyclic) bond motifs is 1. The van der Waals surface area contributed by atoms with Gasteiger partial charge in [0.1, 0.15) is 0 Å². The first kappa shape index (κ1) is 34.8. The fourth-order valence-electron chi connectivity index (χ4n) is 6.16. The van der Waals surface area contributed by atoms with Crippen molar-refractivity contribution in [3.05, 3.63) is 11.6 Å². The van der Waals surface area contributed by atoms with E-state index in [1.54, 1.807) is 0 Å². The molecular formula is C34H62N2O4. The first-order valence-electron chi connectivity index (χ1n) is 16.9. The number of nitrogens with zero attached hydrogens (tertiary/aromatic N) is 2. The molecule has 6 heteroatoms. The van der Waals surface area contributed by atoms with Gasteiger partial charge in [0.25, 0.3) is 0 Å². The SMILES string of the molecule is C/C1=C/CCCCCCCCCCCCCCC(=O)N2CCC3(CC2)CN(C3)C(=O)CCOCCOCC1.CC. The minimum Gasteiger partial charge on any atom is -0.379 e. The highest BCUT2D eigenvalue weighted by atomic mass is 16.5. The van der Waals surface area contributed by atoms with Crippen LogP contribution >= 0.6 is 0 Å². The van der Waals surface area contributed by atoms with Gasteiger partial charge in [-0.3, -0.25) is 9.59 Å². The highest BCUT2D eigenvalue weighted by Crippen LogP contribution is 2.40. The summed E-state index contributed by atoms with van der Waals surface area (Å²) in [5.74, 6) is 0.534. The smallest absolute Gasteiger partial charge is 0.224 e. The average Bonchev–Trinajstić information content (AvgIpc) is 2.95. The monoisotopic (exact) mass is 562 g/mol. The van der Waals surface area contributed by atoms with Crippen molar-refractivity contribution >= 4 is 11.8 Å². The molecule has 0 unspecified atom stereocenters. The number of allylic oxidation sites excluding steroid dienone is 1. The third-order valence-electron chi connectivity index (χ3n) is 8.89. The maximum Gasteiger partial charge on any atom is 0.224 e. The number of rotatable bonds is 0. The number of ether oxygens (including phenoxy) is 2. The second kappa shape index (κ2) is 21.3. The van der Waals surface area contributed by atoms with Crippen LogP contribution in [0.5, 0.6) is 0 Å². The second-order valence-corrected chi connectivity index (χ2v) is 12.2. The van der Waals surface area contributed by atoms with E-state index < -0.39 is 0 Å². The Morgan fingerprint density at radius 2 is 1.07 bits per heavy atom. The average molecular weight is 563 g/mol. The molecular weight excluding hydrogens is 500 g/mol. The second-order valence-electron chi connectivity index (χ2n) is 12.2. The molecule has 0 aromatic carbocycles. The van der Waals surface area contributed by atoms with E-state index in [1.165, 1.54) is 82.6 Å². The number of carbonyl (C=O) groups is 2. The van der Waals surface area contributed by atoms with Gasteiger partial charge in [0.2, 0.25) is 11.8 Å². The molecule has 0 atom stereocenters. The van der Waals surface area contributed by atoms with Crippen LogP contribution in [0.3, 0.4) is 0 Å². The number of carbonyl (C=O) groups excluding carboxylic acids is 2. The summed E-state index contributed by atoms with van der Waals surface area (Å²) in [6.07, 6.45) is 23.4. The molecule has 2 amide bonds. The lowest BCUT2D eigenvalue weighted by Gasteiger charge is -2.54. The molecule has 5 heterocycles. The van der Waals surface area contributed by atoms with Crippen LogP contribution < -0.4 is 0 Å². The Morgan fingerprint density at radius 3 is 1.65 bits per heavy atom. The van der Waals surface area contributed by atoms with Gasteiger partial charge in [-0.1, -0.05) is 89.7 Å². The van der Waals surface area contributed by atoms with E-state index in [4.69, 9.17) is 9.47 Å². The van der Waals surface area contributed by atoms with E-state index >= 15 is 0 Å². The summed E-state index contributed by atoms with van der Waals surface area (Å²) >= 11 is 0. The molecule has 6 nitrogen and oxygen atoms in total. The highest BCUT2D eigenvalue weighted by molar-refractivity contribution is 5.78. The Kier molecular flexibility index (Phi) is 18.6. The van der Waals surface area contributed by atoms with Gasteiger partial charge in [0.05, 0.1) is 32.8 Å². The zero-order valence-electron chi connectivity index (χ0n) is 26.5. The predicted octanol–water partition coefficient (Wildman–Crippen LogP) is 7.70. The minimum absolute atomic E-state index is 0.196.